The van der Waals surface area contributed by atoms with Gasteiger partial charge >= 0.3 is 6.03 Å². The van der Waals surface area contributed by atoms with E-state index < -0.39 is 0 Å². The average molecular weight is 290 g/mol. The van der Waals surface area contributed by atoms with Gasteiger partial charge in [0.25, 0.3) is 0 Å². The van der Waals surface area contributed by atoms with Crippen molar-refractivity contribution in [1.82, 2.24) is 10.2 Å². The fourth-order valence-corrected chi connectivity index (χ4v) is 2.66. The molecule has 4 nitrogen and oxygen atoms in total. The molecule has 1 aromatic carbocycles. The molecule has 0 radical (unpaired) electrons. The first-order valence-electron chi connectivity index (χ1n) is 7.83. The van der Waals surface area contributed by atoms with Crippen molar-refractivity contribution >= 4 is 6.03 Å². The zero-order valence-corrected chi connectivity index (χ0v) is 13.3. The van der Waals surface area contributed by atoms with Gasteiger partial charge in [0.05, 0.1) is 6.04 Å². The Morgan fingerprint density at radius 2 is 2.29 bits per heavy atom. The Morgan fingerprint density at radius 3 is 3.00 bits per heavy atom. The number of ether oxygens (including phenoxy) is 1. The molecule has 21 heavy (non-hydrogen) atoms. The van der Waals surface area contributed by atoms with Crippen molar-refractivity contribution in [1.29, 1.82) is 0 Å². The highest BCUT2D eigenvalue weighted by Gasteiger charge is 2.23. The number of nitrogens with zero attached hydrogens (tertiary/aromatic N) is 1. The topological polar surface area (TPSA) is 41.6 Å². The normalized spacial score (nSPS) is 20.0. The second-order valence-electron chi connectivity index (χ2n) is 6.02. The highest BCUT2D eigenvalue weighted by atomic mass is 16.5. The molecule has 1 aromatic rings. The van der Waals surface area contributed by atoms with Crippen LogP contribution in [0.1, 0.15) is 38.7 Å². The van der Waals surface area contributed by atoms with Crippen LogP contribution in [-0.4, -0.2) is 36.2 Å². The fraction of sp³-hybridized carbons (Fsp3) is 0.588. The van der Waals surface area contributed by atoms with E-state index in [2.05, 4.69) is 12.2 Å². The Hall–Kier alpha value is -1.71. The molecule has 0 spiro atoms. The summed E-state index contributed by atoms with van der Waals surface area (Å²) in [7, 11) is 0. The minimum atomic E-state index is -0.00728. The smallest absolute Gasteiger partial charge is 0.317 e. The maximum Gasteiger partial charge on any atom is 0.317 e. The molecule has 1 aliphatic heterocycles. The van der Waals surface area contributed by atoms with Crippen LogP contribution in [0.3, 0.4) is 0 Å². The lowest BCUT2D eigenvalue weighted by Crippen LogP contribution is -2.50. The summed E-state index contributed by atoms with van der Waals surface area (Å²) in [6.45, 7) is 7.47. The predicted molar refractivity (Wildman–Crippen MR) is 84.7 cm³/mol. The number of aryl methyl sites for hydroxylation is 1. The molecule has 2 unspecified atom stereocenters. The lowest BCUT2D eigenvalue weighted by atomic mass is 10.0. The summed E-state index contributed by atoms with van der Waals surface area (Å²) < 4.78 is 5.73. The largest absolute Gasteiger partial charge is 0.491 e. The molecule has 1 heterocycles. The van der Waals surface area contributed by atoms with Gasteiger partial charge in [-0.05, 0) is 57.7 Å². The van der Waals surface area contributed by atoms with Crippen molar-refractivity contribution in [3.05, 3.63) is 29.8 Å². The third kappa shape index (κ3) is 4.66. The van der Waals surface area contributed by atoms with Crippen LogP contribution in [0.4, 0.5) is 4.79 Å². The molecule has 116 valence electrons. The monoisotopic (exact) mass is 290 g/mol. The van der Waals surface area contributed by atoms with E-state index in [1.165, 1.54) is 12.0 Å². The molecule has 0 aliphatic carbocycles. The number of rotatable bonds is 4. The Morgan fingerprint density at radius 1 is 1.48 bits per heavy atom. The molecule has 0 aromatic heterocycles. The van der Waals surface area contributed by atoms with Crippen LogP contribution < -0.4 is 10.1 Å². The van der Waals surface area contributed by atoms with Crippen LogP contribution >= 0.6 is 0 Å². The van der Waals surface area contributed by atoms with Gasteiger partial charge in [-0.2, -0.15) is 0 Å². The van der Waals surface area contributed by atoms with Crippen molar-refractivity contribution in [3.63, 3.8) is 0 Å². The minimum Gasteiger partial charge on any atom is -0.491 e. The molecular weight excluding hydrogens is 264 g/mol. The molecule has 1 aliphatic rings. The maximum absolute atomic E-state index is 12.2. The number of amides is 2. The van der Waals surface area contributed by atoms with Crippen LogP contribution in [0.15, 0.2) is 24.3 Å². The number of benzene rings is 1. The Bertz CT molecular complexity index is 476. The Labute approximate surface area is 127 Å². The molecule has 2 atom stereocenters. The van der Waals surface area contributed by atoms with Gasteiger partial charge in [0.2, 0.25) is 0 Å². The SMILES string of the molecule is Cc1cccc(OCC(C)NC(=O)N2CCCCC2C)c1. The second kappa shape index (κ2) is 7.34. The van der Waals surface area contributed by atoms with Crippen molar-refractivity contribution in [3.8, 4) is 5.75 Å². The highest BCUT2D eigenvalue weighted by Crippen LogP contribution is 2.16. The summed E-state index contributed by atoms with van der Waals surface area (Å²) in [5.41, 5.74) is 1.17. The van der Waals surface area contributed by atoms with E-state index in [-0.39, 0.29) is 12.1 Å². The summed E-state index contributed by atoms with van der Waals surface area (Å²) >= 11 is 0. The van der Waals surface area contributed by atoms with Gasteiger partial charge in [0, 0.05) is 12.6 Å². The molecule has 1 saturated heterocycles. The van der Waals surface area contributed by atoms with E-state index in [1.807, 2.05) is 43.0 Å². The number of piperidine rings is 1. The first-order chi connectivity index (χ1) is 10.1. The molecule has 2 rings (SSSR count). The van der Waals surface area contributed by atoms with Crippen molar-refractivity contribution in [2.24, 2.45) is 0 Å². The summed E-state index contributed by atoms with van der Waals surface area (Å²) in [5, 5.41) is 3.03. The first kappa shape index (κ1) is 15.7. The van der Waals surface area contributed by atoms with Crippen molar-refractivity contribution < 1.29 is 9.53 Å². The van der Waals surface area contributed by atoms with Gasteiger partial charge in [-0.25, -0.2) is 4.79 Å². The van der Waals surface area contributed by atoms with Crippen LogP contribution in [0, 0.1) is 6.92 Å². The molecule has 1 fully saturated rings. The van der Waals surface area contributed by atoms with E-state index >= 15 is 0 Å². The number of nitrogens with one attached hydrogen (secondary N) is 1. The van der Waals surface area contributed by atoms with E-state index in [9.17, 15) is 4.79 Å². The number of carbonyl (C=O) groups is 1. The molecule has 4 heteroatoms. The van der Waals surface area contributed by atoms with Crippen molar-refractivity contribution in [2.45, 2.75) is 52.1 Å². The molecule has 1 N–H and O–H groups in total. The summed E-state index contributed by atoms with van der Waals surface area (Å²) in [6.07, 6.45) is 3.42. The van der Waals surface area contributed by atoms with Gasteiger partial charge in [-0.3, -0.25) is 0 Å². The third-order valence-corrected chi connectivity index (χ3v) is 3.92. The minimum absolute atomic E-state index is 0.00728. The van der Waals surface area contributed by atoms with Gasteiger partial charge in [-0.1, -0.05) is 12.1 Å². The Balaban J connectivity index is 1.78. The zero-order chi connectivity index (χ0) is 15.2. The number of hydrogen-bond acceptors (Lipinski definition) is 2. The Kier molecular flexibility index (Phi) is 5.48. The number of carbonyl (C=O) groups excluding carboxylic acids is 1. The van der Waals surface area contributed by atoms with E-state index in [4.69, 9.17) is 4.74 Å². The number of urea groups is 1. The quantitative estimate of drug-likeness (QED) is 0.924. The molecular formula is C17H26N2O2. The molecule has 0 saturated carbocycles. The molecule has 0 bridgehead atoms. The second-order valence-corrected chi connectivity index (χ2v) is 6.02. The summed E-state index contributed by atoms with van der Waals surface area (Å²) in [6, 6.07) is 8.31. The zero-order valence-electron chi connectivity index (χ0n) is 13.3. The number of likely N-dealkylation sites (tertiary alicyclic amines) is 1. The molecule has 2 amide bonds. The standard InChI is InChI=1S/C17H26N2O2/c1-13-7-6-9-16(11-13)21-12-14(2)18-17(20)19-10-5-4-8-15(19)3/h6-7,9,11,14-15H,4-5,8,10,12H2,1-3H3,(H,18,20). The van der Waals surface area contributed by atoms with Crippen LogP contribution in [0.5, 0.6) is 5.75 Å². The lowest BCUT2D eigenvalue weighted by Gasteiger charge is -2.34. The van der Waals surface area contributed by atoms with Crippen LogP contribution in [0.2, 0.25) is 0 Å². The summed E-state index contributed by atoms with van der Waals surface area (Å²) in [5.74, 6) is 0.849. The summed E-state index contributed by atoms with van der Waals surface area (Å²) in [4.78, 5) is 14.2. The first-order valence-corrected chi connectivity index (χ1v) is 7.83. The van der Waals surface area contributed by atoms with Crippen LogP contribution in [-0.2, 0) is 0 Å². The maximum atomic E-state index is 12.2. The van der Waals surface area contributed by atoms with Gasteiger partial charge in [-0.15, -0.1) is 0 Å². The van der Waals surface area contributed by atoms with Gasteiger partial charge < -0.3 is 15.0 Å². The average Bonchev–Trinajstić information content (AvgIpc) is 2.45. The van der Waals surface area contributed by atoms with Gasteiger partial charge in [0.1, 0.15) is 12.4 Å². The van der Waals surface area contributed by atoms with Crippen LogP contribution in [0.25, 0.3) is 0 Å². The third-order valence-electron chi connectivity index (χ3n) is 3.92. The number of hydrogen-bond donors (Lipinski definition) is 1. The van der Waals surface area contributed by atoms with Gasteiger partial charge in [0.15, 0.2) is 0 Å². The predicted octanol–water partition coefficient (Wildman–Crippen LogP) is 3.35. The van der Waals surface area contributed by atoms with E-state index in [0.29, 0.717) is 12.6 Å². The highest BCUT2D eigenvalue weighted by molar-refractivity contribution is 5.74. The lowest BCUT2D eigenvalue weighted by molar-refractivity contribution is 0.151. The van der Waals surface area contributed by atoms with E-state index in [0.717, 1.165) is 25.1 Å². The van der Waals surface area contributed by atoms with Crippen molar-refractivity contribution in [2.75, 3.05) is 13.2 Å². The van der Waals surface area contributed by atoms with E-state index in [1.54, 1.807) is 0 Å². The fourth-order valence-electron chi connectivity index (χ4n) is 2.66.